The van der Waals surface area contributed by atoms with Crippen LogP contribution in [-0.4, -0.2) is 4.98 Å². The predicted octanol–water partition coefficient (Wildman–Crippen LogP) is 3.44. The highest BCUT2D eigenvalue weighted by molar-refractivity contribution is 7.99. The molecular formula is C14H12N2OS. The number of benzene rings is 2. The van der Waals surface area contributed by atoms with Crippen molar-refractivity contribution in [3.05, 3.63) is 54.1 Å². The summed E-state index contributed by atoms with van der Waals surface area (Å²) in [6.07, 6.45) is 0. The molecule has 0 fully saturated rings. The van der Waals surface area contributed by atoms with Gasteiger partial charge in [-0.05, 0) is 41.6 Å². The largest absolute Gasteiger partial charge is 0.431 e. The van der Waals surface area contributed by atoms with E-state index in [0.29, 0.717) is 11.8 Å². The van der Waals surface area contributed by atoms with Crippen molar-refractivity contribution < 1.29 is 4.42 Å². The third-order valence-corrected chi connectivity index (χ3v) is 3.45. The van der Waals surface area contributed by atoms with Crippen LogP contribution in [-0.2, 0) is 6.54 Å². The molecular weight excluding hydrogens is 244 g/mol. The molecule has 2 aromatic carbocycles. The first-order chi connectivity index (χ1) is 8.85. The van der Waals surface area contributed by atoms with Crippen LogP contribution in [0.1, 0.15) is 5.56 Å². The second kappa shape index (κ2) is 4.84. The van der Waals surface area contributed by atoms with Crippen molar-refractivity contribution in [2.24, 2.45) is 5.73 Å². The molecule has 90 valence electrons. The molecule has 0 saturated carbocycles. The van der Waals surface area contributed by atoms with Crippen LogP contribution in [0.15, 0.2) is 63.1 Å². The summed E-state index contributed by atoms with van der Waals surface area (Å²) < 4.78 is 5.67. The monoisotopic (exact) mass is 256 g/mol. The molecule has 3 rings (SSSR count). The quantitative estimate of drug-likeness (QED) is 0.780. The lowest BCUT2D eigenvalue weighted by atomic mass is 10.2. The zero-order valence-corrected chi connectivity index (χ0v) is 10.5. The molecule has 4 heteroatoms. The number of nitrogens with two attached hydrogens (primary N) is 1. The first kappa shape index (κ1) is 11.3. The molecule has 1 aromatic heterocycles. The van der Waals surface area contributed by atoms with E-state index in [0.717, 1.165) is 21.6 Å². The second-order valence-corrected chi connectivity index (χ2v) is 4.93. The van der Waals surface area contributed by atoms with Gasteiger partial charge in [0.25, 0.3) is 5.22 Å². The topological polar surface area (TPSA) is 52.0 Å². The fourth-order valence-electron chi connectivity index (χ4n) is 1.73. The molecule has 3 nitrogen and oxygen atoms in total. The number of nitrogens with zero attached hydrogens (tertiary/aromatic N) is 1. The molecule has 0 unspecified atom stereocenters. The van der Waals surface area contributed by atoms with Crippen molar-refractivity contribution in [3.63, 3.8) is 0 Å². The van der Waals surface area contributed by atoms with Gasteiger partial charge in [0.05, 0.1) is 0 Å². The molecule has 0 saturated heterocycles. The minimum absolute atomic E-state index is 0.544. The van der Waals surface area contributed by atoms with Gasteiger partial charge in [0.15, 0.2) is 5.58 Å². The Bertz CT molecular complexity index is 645. The summed E-state index contributed by atoms with van der Waals surface area (Å²) in [7, 11) is 0. The molecule has 0 bridgehead atoms. The Morgan fingerprint density at radius 3 is 2.83 bits per heavy atom. The molecule has 0 spiro atoms. The van der Waals surface area contributed by atoms with Gasteiger partial charge < -0.3 is 10.2 Å². The Morgan fingerprint density at radius 1 is 1.11 bits per heavy atom. The lowest BCUT2D eigenvalue weighted by Crippen LogP contribution is -1.95. The molecule has 0 amide bonds. The summed E-state index contributed by atoms with van der Waals surface area (Å²) in [5.41, 5.74) is 8.43. The fraction of sp³-hybridized carbons (Fsp3) is 0.0714. The average Bonchev–Trinajstić information content (AvgIpc) is 2.81. The fourth-order valence-corrected chi connectivity index (χ4v) is 2.57. The number of fused-ring (bicyclic) bond motifs is 1. The summed E-state index contributed by atoms with van der Waals surface area (Å²) in [5, 5.41) is 0.658. The van der Waals surface area contributed by atoms with Crippen molar-refractivity contribution in [2.75, 3.05) is 0 Å². The van der Waals surface area contributed by atoms with E-state index in [1.165, 1.54) is 11.8 Å². The van der Waals surface area contributed by atoms with Crippen molar-refractivity contribution >= 4 is 22.9 Å². The third-order valence-electron chi connectivity index (χ3n) is 2.61. The zero-order chi connectivity index (χ0) is 12.4. The van der Waals surface area contributed by atoms with Crippen LogP contribution in [0.4, 0.5) is 0 Å². The van der Waals surface area contributed by atoms with Crippen molar-refractivity contribution in [2.45, 2.75) is 16.7 Å². The van der Waals surface area contributed by atoms with Crippen LogP contribution in [0.25, 0.3) is 11.1 Å². The number of rotatable bonds is 3. The normalized spacial score (nSPS) is 10.9. The molecule has 2 N–H and O–H groups in total. The number of aromatic nitrogens is 1. The van der Waals surface area contributed by atoms with Gasteiger partial charge in [0.1, 0.15) is 5.52 Å². The van der Waals surface area contributed by atoms with E-state index in [4.69, 9.17) is 10.2 Å². The van der Waals surface area contributed by atoms with E-state index in [9.17, 15) is 0 Å². The summed E-state index contributed by atoms with van der Waals surface area (Å²) in [6, 6.07) is 15.8. The minimum atomic E-state index is 0.544. The predicted molar refractivity (Wildman–Crippen MR) is 72.5 cm³/mol. The highest BCUT2D eigenvalue weighted by Crippen LogP contribution is 2.30. The van der Waals surface area contributed by atoms with Crippen LogP contribution in [0, 0.1) is 0 Å². The lowest BCUT2D eigenvalue weighted by Gasteiger charge is -1.99. The summed E-state index contributed by atoms with van der Waals surface area (Å²) >= 11 is 1.51. The van der Waals surface area contributed by atoms with Gasteiger partial charge in [0.2, 0.25) is 0 Å². The molecule has 0 atom stereocenters. The smallest absolute Gasteiger partial charge is 0.261 e. The SMILES string of the molecule is NCc1cccc(Sc2nc3ccccc3o2)c1. The molecule has 1 heterocycles. The Morgan fingerprint density at radius 2 is 2.00 bits per heavy atom. The Labute approximate surface area is 109 Å². The van der Waals surface area contributed by atoms with Crippen molar-refractivity contribution in [1.82, 2.24) is 4.98 Å². The van der Waals surface area contributed by atoms with E-state index >= 15 is 0 Å². The maximum Gasteiger partial charge on any atom is 0.261 e. The highest BCUT2D eigenvalue weighted by Gasteiger charge is 2.06. The van der Waals surface area contributed by atoms with Crippen LogP contribution in [0.3, 0.4) is 0 Å². The van der Waals surface area contributed by atoms with E-state index in [1.807, 2.05) is 42.5 Å². The van der Waals surface area contributed by atoms with Gasteiger partial charge in [-0.3, -0.25) is 0 Å². The highest BCUT2D eigenvalue weighted by atomic mass is 32.2. The molecule has 3 aromatic rings. The minimum Gasteiger partial charge on any atom is -0.431 e. The van der Waals surface area contributed by atoms with Gasteiger partial charge in [-0.15, -0.1) is 0 Å². The third kappa shape index (κ3) is 2.25. The summed E-state index contributed by atoms with van der Waals surface area (Å²) in [5.74, 6) is 0. The first-order valence-electron chi connectivity index (χ1n) is 5.67. The van der Waals surface area contributed by atoms with E-state index in [1.54, 1.807) is 0 Å². The summed E-state index contributed by atoms with van der Waals surface area (Å²) in [6.45, 7) is 0.544. The van der Waals surface area contributed by atoms with Crippen LogP contribution in [0.5, 0.6) is 0 Å². The Kier molecular flexibility index (Phi) is 3.04. The van der Waals surface area contributed by atoms with E-state index in [2.05, 4.69) is 11.1 Å². The molecule has 0 aliphatic carbocycles. The van der Waals surface area contributed by atoms with Crippen LogP contribution < -0.4 is 5.73 Å². The Hall–Kier alpha value is -1.78. The Balaban J connectivity index is 1.91. The second-order valence-electron chi connectivity index (χ2n) is 3.90. The summed E-state index contributed by atoms with van der Waals surface area (Å²) in [4.78, 5) is 5.52. The maximum absolute atomic E-state index is 5.67. The number of hydrogen-bond donors (Lipinski definition) is 1. The lowest BCUT2D eigenvalue weighted by molar-refractivity contribution is 0.489. The van der Waals surface area contributed by atoms with Crippen molar-refractivity contribution in [3.8, 4) is 0 Å². The molecule has 0 radical (unpaired) electrons. The standard InChI is InChI=1S/C14H12N2OS/c15-9-10-4-3-5-11(8-10)18-14-16-12-6-1-2-7-13(12)17-14/h1-8H,9,15H2. The maximum atomic E-state index is 5.67. The average molecular weight is 256 g/mol. The van der Waals surface area contributed by atoms with Crippen LogP contribution in [0.2, 0.25) is 0 Å². The van der Waals surface area contributed by atoms with Gasteiger partial charge >= 0.3 is 0 Å². The first-order valence-corrected chi connectivity index (χ1v) is 6.49. The number of oxazole rings is 1. The van der Waals surface area contributed by atoms with Crippen LogP contribution >= 0.6 is 11.8 Å². The van der Waals surface area contributed by atoms with Gasteiger partial charge in [-0.1, -0.05) is 24.3 Å². The molecule has 0 aliphatic heterocycles. The number of hydrogen-bond acceptors (Lipinski definition) is 4. The number of para-hydroxylation sites is 2. The van der Waals surface area contributed by atoms with E-state index < -0.39 is 0 Å². The zero-order valence-electron chi connectivity index (χ0n) is 9.67. The van der Waals surface area contributed by atoms with E-state index in [-0.39, 0.29) is 0 Å². The molecule has 0 aliphatic rings. The van der Waals surface area contributed by atoms with Crippen molar-refractivity contribution in [1.29, 1.82) is 0 Å². The van der Waals surface area contributed by atoms with Gasteiger partial charge in [-0.25, -0.2) is 4.98 Å². The van der Waals surface area contributed by atoms with Gasteiger partial charge in [-0.2, -0.15) is 0 Å². The molecule has 18 heavy (non-hydrogen) atoms. The van der Waals surface area contributed by atoms with Gasteiger partial charge in [0, 0.05) is 11.4 Å².